The minimum Gasteiger partial charge on any atom is -0.478 e. The van der Waals surface area contributed by atoms with Gasteiger partial charge in [0.25, 0.3) is 5.69 Å². The van der Waals surface area contributed by atoms with E-state index in [1.165, 1.54) is 12.1 Å². The lowest BCUT2D eigenvalue weighted by molar-refractivity contribution is -0.385. The number of aromatic carboxylic acids is 1. The highest BCUT2D eigenvalue weighted by atomic mass is 16.6. The van der Waals surface area contributed by atoms with Crippen LogP contribution in [0, 0.1) is 10.1 Å². The predicted octanol–water partition coefficient (Wildman–Crippen LogP) is 3.08. The number of rotatable bonds is 5. The van der Waals surface area contributed by atoms with Crippen LogP contribution in [0.5, 0.6) is 0 Å². The Morgan fingerprint density at radius 1 is 1.10 bits per heavy atom. The highest BCUT2D eigenvalue weighted by Gasteiger charge is 2.16. The van der Waals surface area contributed by atoms with Crippen LogP contribution in [0.2, 0.25) is 0 Å². The second-order valence-corrected chi connectivity index (χ2v) is 4.39. The van der Waals surface area contributed by atoms with E-state index < -0.39 is 10.9 Å². The molecule has 0 radical (unpaired) electrons. The molecule has 0 unspecified atom stereocenters. The van der Waals surface area contributed by atoms with Gasteiger partial charge >= 0.3 is 5.97 Å². The van der Waals surface area contributed by atoms with E-state index in [0.29, 0.717) is 18.4 Å². The van der Waals surface area contributed by atoms with Gasteiger partial charge < -0.3 is 5.11 Å². The first-order valence-corrected chi connectivity index (χ1v) is 6.12. The summed E-state index contributed by atoms with van der Waals surface area (Å²) in [6.07, 6.45) is 1.17. The van der Waals surface area contributed by atoms with Crippen molar-refractivity contribution in [3.8, 4) is 0 Å². The molecule has 0 heterocycles. The highest BCUT2D eigenvalue weighted by molar-refractivity contribution is 5.88. The third kappa shape index (κ3) is 3.20. The number of benzene rings is 2. The van der Waals surface area contributed by atoms with Crippen LogP contribution in [-0.2, 0) is 12.8 Å². The topological polar surface area (TPSA) is 80.4 Å². The SMILES string of the molecule is O=C(O)c1ccc(CCc2ccccc2)c([N+](=O)[O-])c1. The standard InChI is InChI=1S/C15H13NO4/c17-15(18)13-9-8-12(14(10-13)16(19)20)7-6-11-4-2-1-3-5-11/h1-5,8-10H,6-7H2,(H,17,18). The molecule has 0 aliphatic carbocycles. The van der Waals surface area contributed by atoms with Crippen molar-refractivity contribution < 1.29 is 14.8 Å². The minimum absolute atomic E-state index is 0.0693. The number of carboxylic acids is 1. The lowest BCUT2D eigenvalue weighted by Crippen LogP contribution is -2.02. The Morgan fingerprint density at radius 2 is 1.80 bits per heavy atom. The largest absolute Gasteiger partial charge is 0.478 e. The van der Waals surface area contributed by atoms with Crippen LogP contribution in [0.4, 0.5) is 5.69 Å². The summed E-state index contributed by atoms with van der Waals surface area (Å²) in [5.74, 6) is -1.16. The van der Waals surface area contributed by atoms with E-state index >= 15 is 0 Å². The smallest absolute Gasteiger partial charge is 0.335 e. The molecule has 0 aromatic heterocycles. The molecule has 0 spiro atoms. The van der Waals surface area contributed by atoms with Gasteiger partial charge in [-0.25, -0.2) is 4.79 Å². The molecule has 2 aromatic rings. The Kier molecular flexibility index (Phi) is 4.10. The Labute approximate surface area is 115 Å². The van der Waals surface area contributed by atoms with Gasteiger partial charge in [-0.1, -0.05) is 36.4 Å². The number of aryl methyl sites for hydroxylation is 2. The Hall–Kier alpha value is -2.69. The van der Waals surface area contributed by atoms with Gasteiger partial charge in [-0.3, -0.25) is 10.1 Å². The summed E-state index contributed by atoms with van der Waals surface area (Å²) in [7, 11) is 0. The summed E-state index contributed by atoms with van der Waals surface area (Å²) in [5.41, 5.74) is 1.42. The quantitative estimate of drug-likeness (QED) is 0.669. The highest BCUT2D eigenvalue weighted by Crippen LogP contribution is 2.22. The van der Waals surface area contributed by atoms with Gasteiger partial charge in [0.1, 0.15) is 0 Å². The minimum atomic E-state index is -1.16. The fourth-order valence-electron chi connectivity index (χ4n) is 2.00. The third-order valence-electron chi connectivity index (χ3n) is 3.05. The number of hydrogen-bond acceptors (Lipinski definition) is 3. The van der Waals surface area contributed by atoms with E-state index in [-0.39, 0.29) is 11.3 Å². The predicted molar refractivity (Wildman–Crippen MR) is 73.9 cm³/mol. The van der Waals surface area contributed by atoms with Gasteiger partial charge in [0.2, 0.25) is 0 Å². The van der Waals surface area contributed by atoms with Gasteiger partial charge in [-0.15, -0.1) is 0 Å². The zero-order chi connectivity index (χ0) is 14.5. The maximum absolute atomic E-state index is 11.0. The van der Waals surface area contributed by atoms with Crippen molar-refractivity contribution in [1.82, 2.24) is 0 Å². The first kappa shape index (κ1) is 13.7. The van der Waals surface area contributed by atoms with E-state index in [1.807, 2.05) is 30.3 Å². The third-order valence-corrected chi connectivity index (χ3v) is 3.05. The summed E-state index contributed by atoms with van der Waals surface area (Å²) in [5, 5.41) is 19.9. The van der Waals surface area contributed by atoms with Crippen molar-refractivity contribution in [2.45, 2.75) is 12.8 Å². The van der Waals surface area contributed by atoms with E-state index in [0.717, 1.165) is 11.6 Å². The Bertz CT molecular complexity index is 638. The van der Waals surface area contributed by atoms with Gasteiger partial charge in [0, 0.05) is 11.6 Å². The van der Waals surface area contributed by atoms with E-state index in [9.17, 15) is 14.9 Å². The Morgan fingerprint density at radius 3 is 2.40 bits per heavy atom. The zero-order valence-corrected chi connectivity index (χ0v) is 10.7. The second-order valence-electron chi connectivity index (χ2n) is 4.39. The second kappa shape index (κ2) is 5.97. The molecule has 0 aliphatic heterocycles. The van der Waals surface area contributed by atoms with Crippen LogP contribution in [0.1, 0.15) is 21.5 Å². The van der Waals surface area contributed by atoms with Crippen LogP contribution in [0.3, 0.4) is 0 Å². The first-order valence-electron chi connectivity index (χ1n) is 6.12. The van der Waals surface area contributed by atoms with E-state index in [4.69, 9.17) is 5.11 Å². The van der Waals surface area contributed by atoms with Gasteiger partial charge in [-0.2, -0.15) is 0 Å². The maximum Gasteiger partial charge on any atom is 0.335 e. The fraction of sp³-hybridized carbons (Fsp3) is 0.133. The van der Waals surface area contributed by atoms with Gasteiger partial charge in [-0.05, 0) is 24.5 Å². The molecule has 5 nitrogen and oxygen atoms in total. The molecule has 0 fully saturated rings. The molecule has 1 N–H and O–H groups in total. The number of nitro groups is 1. The van der Waals surface area contributed by atoms with Crippen LogP contribution < -0.4 is 0 Å². The number of nitro benzene ring substituents is 1. The van der Waals surface area contributed by atoms with Gasteiger partial charge in [0.15, 0.2) is 0 Å². The number of nitrogens with zero attached hydrogens (tertiary/aromatic N) is 1. The molecule has 2 aromatic carbocycles. The van der Waals surface area contributed by atoms with Crippen molar-refractivity contribution in [3.05, 3.63) is 75.3 Å². The Balaban J connectivity index is 2.23. The molecule has 102 valence electrons. The van der Waals surface area contributed by atoms with Crippen LogP contribution in [-0.4, -0.2) is 16.0 Å². The molecule has 0 saturated carbocycles. The molecule has 0 amide bonds. The molecule has 0 aliphatic rings. The number of carboxylic acid groups (broad SMARTS) is 1. The molecule has 20 heavy (non-hydrogen) atoms. The molecular formula is C15H13NO4. The summed E-state index contributed by atoms with van der Waals surface area (Å²) in [4.78, 5) is 21.3. The van der Waals surface area contributed by atoms with Crippen molar-refractivity contribution in [2.24, 2.45) is 0 Å². The average Bonchev–Trinajstić information content (AvgIpc) is 2.45. The molecule has 5 heteroatoms. The summed E-state index contributed by atoms with van der Waals surface area (Å²) < 4.78 is 0. The first-order chi connectivity index (χ1) is 9.58. The summed E-state index contributed by atoms with van der Waals surface area (Å²) >= 11 is 0. The molecular weight excluding hydrogens is 258 g/mol. The lowest BCUT2D eigenvalue weighted by atomic mass is 10.0. The van der Waals surface area contributed by atoms with Crippen molar-refractivity contribution in [3.63, 3.8) is 0 Å². The number of carbonyl (C=O) groups is 1. The van der Waals surface area contributed by atoms with Crippen LogP contribution in [0.25, 0.3) is 0 Å². The zero-order valence-electron chi connectivity index (χ0n) is 10.7. The average molecular weight is 271 g/mol. The molecule has 2 rings (SSSR count). The normalized spacial score (nSPS) is 10.2. The van der Waals surface area contributed by atoms with Crippen molar-refractivity contribution >= 4 is 11.7 Å². The van der Waals surface area contributed by atoms with Crippen molar-refractivity contribution in [1.29, 1.82) is 0 Å². The van der Waals surface area contributed by atoms with Crippen molar-refractivity contribution in [2.75, 3.05) is 0 Å². The van der Waals surface area contributed by atoms with Gasteiger partial charge in [0.05, 0.1) is 10.5 Å². The number of hydrogen-bond donors (Lipinski definition) is 1. The fourth-order valence-corrected chi connectivity index (χ4v) is 2.00. The molecule has 0 atom stereocenters. The summed E-state index contributed by atoms with van der Waals surface area (Å²) in [6.45, 7) is 0. The summed E-state index contributed by atoms with van der Waals surface area (Å²) in [6, 6.07) is 13.7. The van der Waals surface area contributed by atoms with E-state index in [1.54, 1.807) is 0 Å². The van der Waals surface area contributed by atoms with Crippen LogP contribution >= 0.6 is 0 Å². The maximum atomic E-state index is 11.0. The molecule has 0 bridgehead atoms. The molecule has 0 saturated heterocycles. The van der Waals surface area contributed by atoms with Crippen LogP contribution in [0.15, 0.2) is 48.5 Å². The van der Waals surface area contributed by atoms with E-state index in [2.05, 4.69) is 0 Å². The monoisotopic (exact) mass is 271 g/mol. The lowest BCUT2D eigenvalue weighted by Gasteiger charge is -2.04.